The van der Waals surface area contributed by atoms with E-state index >= 15 is 0 Å². The van der Waals surface area contributed by atoms with Crippen molar-refractivity contribution in [3.05, 3.63) is 120 Å². The van der Waals surface area contributed by atoms with Crippen LogP contribution < -0.4 is 0 Å². The van der Waals surface area contributed by atoms with Crippen molar-refractivity contribution in [3.63, 3.8) is 0 Å². The summed E-state index contributed by atoms with van der Waals surface area (Å²) in [6, 6.07) is 23.5. The molecular weight excluding hydrogens is 608 g/mol. The van der Waals surface area contributed by atoms with Crippen molar-refractivity contribution in [2.45, 2.75) is 52.9 Å². The second kappa shape index (κ2) is 15.6. The van der Waals surface area contributed by atoms with Gasteiger partial charge in [-0.25, -0.2) is 0 Å². The van der Waals surface area contributed by atoms with Crippen LogP contribution in [0.1, 0.15) is 48.9 Å². The number of hydrogen-bond acceptors (Lipinski definition) is 4. The average molecular weight is 653 g/mol. The van der Waals surface area contributed by atoms with Gasteiger partial charge in [-0.15, -0.1) is 0 Å². The number of nitrogens with zero attached hydrogens (tertiary/aromatic N) is 4. The van der Waals surface area contributed by atoms with Gasteiger partial charge in [0.2, 0.25) is 11.8 Å². The van der Waals surface area contributed by atoms with Gasteiger partial charge in [-0.1, -0.05) is 62.4 Å². The van der Waals surface area contributed by atoms with Crippen LogP contribution in [0.4, 0.5) is 0 Å². The Hall–Kier alpha value is -5.12. The summed E-state index contributed by atoms with van der Waals surface area (Å²) in [6.45, 7) is 6.33. The van der Waals surface area contributed by atoms with Gasteiger partial charge >= 0.3 is 11.9 Å². The maximum Gasteiger partial charge on any atom is 0.308 e. The van der Waals surface area contributed by atoms with E-state index in [-0.39, 0.29) is 13.1 Å². The molecule has 1 saturated carbocycles. The molecule has 10 nitrogen and oxygen atoms in total. The summed E-state index contributed by atoms with van der Waals surface area (Å²) in [7, 11) is 0. The standard InChI is InChI=1S/C38H44N4O6/c1-3-17-41(25-29-13-9-27(10-14-29)23-39-19-5-6-20-39)35(43)31-33(37(45)46)32(34(31)38(47)48)36(44)42(18-4-2)26-30-15-11-28(12-16-30)24-40-21-7-8-22-40/h5-16,19-22,31-34H,3-4,17-18,23-26H2,1-2H3,(H,45,46)(H,47,48). The quantitative estimate of drug-likeness (QED) is 0.171. The maximum atomic E-state index is 14.0. The van der Waals surface area contributed by atoms with Gasteiger partial charge in [0.25, 0.3) is 0 Å². The fraction of sp³-hybridized carbons (Fsp3) is 0.368. The van der Waals surface area contributed by atoms with Gasteiger partial charge in [0.15, 0.2) is 0 Å². The minimum atomic E-state index is -1.43. The van der Waals surface area contributed by atoms with Crippen molar-refractivity contribution >= 4 is 23.8 Å². The summed E-state index contributed by atoms with van der Waals surface area (Å²) in [5, 5.41) is 20.6. The lowest BCUT2D eigenvalue weighted by atomic mass is 9.55. The number of hydrogen-bond donors (Lipinski definition) is 2. The van der Waals surface area contributed by atoms with Crippen LogP contribution in [0.2, 0.25) is 0 Å². The fourth-order valence-electron chi connectivity index (χ4n) is 6.79. The predicted molar refractivity (Wildman–Crippen MR) is 181 cm³/mol. The number of aliphatic carboxylic acids is 2. The number of carboxylic acids is 2. The molecule has 0 radical (unpaired) electrons. The van der Waals surface area contributed by atoms with Gasteiger partial charge in [-0.3, -0.25) is 19.2 Å². The monoisotopic (exact) mass is 652 g/mol. The van der Waals surface area contributed by atoms with Gasteiger partial charge in [-0.2, -0.15) is 0 Å². The zero-order valence-corrected chi connectivity index (χ0v) is 27.5. The normalized spacial score (nSPS) is 18.5. The second-order valence-corrected chi connectivity index (χ2v) is 12.6. The first kappa shape index (κ1) is 34.2. The first-order valence-corrected chi connectivity index (χ1v) is 16.6. The van der Waals surface area contributed by atoms with Crippen LogP contribution in [-0.4, -0.2) is 66.0 Å². The smallest absolute Gasteiger partial charge is 0.308 e. The molecule has 0 aliphatic heterocycles. The molecule has 0 unspecified atom stereocenters. The Morgan fingerprint density at radius 2 is 0.854 bits per heavy atom. The van der Waals surface area contributed by atoms with Gasteiger partial charge in [0.05, 0.1) is 23.7 Å². The van der Waals surface area contributed by atoms with E-state index < -0.39 is 47.4 Å². The Balaban J connectivity index is 1.31. The Morgan fingerprint density at radius 1 is 0.542 bits per heavy atom. The Labute approximate surface area is 281 Å². The van der Waals surface area contributed by atoms with Crippen LogP contribution in [-0.2, 0) is 45.4 Å². The molecule has 2 amide bonds. The highest BCUT2D eigenvalue weighted by molar-refractivity contribution is 5.99. The molecule has 2 aromatic heterocycles. The molecule has 1 fully saturated rings. The lowest BCUT2D eigenvalue weighted by molar-refractivity contribution is -0.187. The number of benzene rings is 2. The van der Waals surface area contributed by atoms with E-state index in [9.17, 15) is 29.4 Å². The summed E-state index contributed by atoms with van der Waals surface area (Å²) >= 11 is 0. The molecule has 1 aliphatic rings. The lowest BCUT2D eigenvalue weighted by Crippen LogP contribution is -2.64. The minimum absolute atomic E-state index is 0.215. The summed E-state index contributed by atoms with van der Waals surface area (Å²) < 4.78 is 4.11. The van der Waals surface area contributed by atoms with Crippen molar-refractivity contribution in [2.24, 2.45) is 23.7 Å². The van der Waals surface area contributed by atoms with E-state index in [1.54, 1.807) is 0 Å². The molecular formula is C38H44N4O6. The molecule has 0 saturated heterocycles. The molecule has 4 aromatic rings. The third-order valence-corrected chi connectivity index (χ3v) is 9.15. The summed E-state index contributed by atoms with van der Waals surface area (Å²) in [6.07, 6.45) is 9.14. The molecule has 10 heteroatoms. The lowest BCUT2D eigenvalue weighted by Gasteiger charge is -2.48. The molecule has 2 heterocycles. The van der Waals surface area contributed by atoms with E-state index in [0.717, 1.165) is 22.3 Å². The fourth-order valence-corrected chi connectivity index (χ4v) is 6.79. The molecule has 2 N–H and O–H groups in total. The van der Waals surface area contributed by atoms with Crippen LogP contribution in [0.5, 0.6) is 0 Å². The number of aromatic nitrogens is 2. The third kappa shape index (κ3) is 7.87. The molecule has 252 valence electrons. The average Bonchev–Trinajstić information content (AvgIpc) is 3.76. The van der Waals surface area contributed by atoms with Crippen LogP contribution >= 0.6 is 0 Å². The van der Waals surface area contributed by atoms with Crippen LogP contribution in [0.3, 0.4) is 0 Å². The van der Waals surface area contributed by atoms with E-state index in [1.807, 2.05) is 111 Å². The zero-order valence-electron chi connectivity index (χ0n) is 27.5. The van der Waals surface area contributed by atoms with Gasteiger partial charge in [-0.05, 0) is 59.4 Å². The molecule has 5 rings (SSSR count). The highest BCUT2D eigenvalue weighted by Crippen LogP contribution is 2.49. The number of amides is 2. The molecule has 0 bridgehead atoms. The maximum absolute atomic E-state index is 14.0. The van der Waals surface area contributed by atoms with Crippen molar-refractivity contribution in [1.82, 2.24) is 18.9 Å². The number of carbonyl (C=O) groups excluding carboxylic acids is 2. The van der Waals surface area contributed by atoms with Gasteiger partial charge in [0, 0.05) is 64.1 Å². The van der Waals surface area contributed by atoms with Crippen LogP contribution in [0, 0.1) is 23.7 Å². The van der Waals surface area contributed by atoms with Crippen molar-refractivity contribution in [1.29, 1.82) is 0 Å². The van der Waals surface area contributed by atoms with Gasteiger partial charge < -0.3 is 29.1 Å². The highest BCUT2D eigenvalue weighted by atomic mass is 16.4. The topological polar surface area (TPSA) is 125 Å². The number of rotatable bonds is 16. The Morgan fingerprint density at radius 3 is 1.15 bits per heavy atom. The summed E-state index contributed by atoms with van der Waals surface area (Å²) in [5.41, 5.74) is 3.88. The van der Waals surface area contributed by atoms with E-state index in [0.29, 0.717) is 39.0 Å². The van der Waals surface area contributed by atoms with Crippen molar-refractivity contribution in [2.75, 3.05) is 13.1 Å². The minimum Gasteiger partial charge on any atom is -0.481 e. The Kier molecular flexibility index (Phi) is 11.2. The van der Waals surface area contributed by atoms with Gasteiger partial charge in [0.1, 0.15) is 0 Å². The van der Waals surface area contributed by atoms with E-state index in [1.165, 1.54) is 9.80 Å². The molecule has 0 spiro atoms. The highest BCUT2D eigenvalue weighted by Gasteiger charge is 2.64. The number of carbonyl (C=O) groups is 4. The van der Waals surface area contributed by atoms with Crippen molar-refractivity contribution in [3.8, 4) is 0 Å². The molecule has 2 aromatic carbocycles. The first-order chi connectivity index (χ1) is 23.2. The second-order valence-electron chi connectivity index (χ2n) is 12.6. The first-order valence-electron chi connectivity index (χ1n) is 16.6. The largest absolute Gasteiger partial charge is 0.481 e. The van der Waals surface area contributed by atoms with E-state index in [2.05, 4.69) is 9.13 Å². The van der Waals surface area contributed by atoms with Crippen molar-refractivity contribution < 1.29 is 29.4 Å². The number of carboxylic acid groups (broad SMARTS) is 2. The molecule has 1 aliphatic carbocycles. The van der Waals surface area contributed by atoms with Crippen LogP contribution in [0.15, 0.2) is 97.6 Å². The predicted octanol–water partition coefficient (Wildman–Crippen LogP) is 5.21. The van der Waals surface area contributed by atoms with Crippen LogP contribution in [0.25, 0.3) is 0 Å². The summed E-state index contributed by atoms with van der Waals surface area (Å²) in [4.78, 5) is 56.4. The van der Waals surface area contributed by atoms with E-state index in [4.69, 9.17) is 0 Å². The molecule has 0 atom stereocenters. The summed E-state index contributed by atoms with van der Waals surface area (Å²) in [5.74, 6) is -9.30. The zero-order chi connectivity index (χ0) is 34.2. The SMILES string of the molecule is CCCN(Cc1ccc(Cn2cccc2)cc1)C(=O)C1C(C(=O)O)C(C(=O)N(CCC)Cc2ccc(Cn3cccc3)cc2)C1C(=O)O. The Bertz CT molecular complexity index is 1530. The molecule has 48 heavy (non-hydrogen) atoms. The third-order valence-electron chi connectivity index (χ3n) is 9.15.